The predicted molar refractivity (Wildman–Crippen MR) is 106 cm³/mol. The molecule has 2 aliphatic heterocycles. The van der Waals surface area contributed by atoms with Gasteiger partial charge in [0.15, 0.2) is 0 Å². The number of rotatable bonds is 3. The van der Waals surface area contributed by atoms with Crippen molar-refractivity contribution >= 4 is 33.5 Å². The second-order valence-electron chi connectivity index (χ2n) is 6.58. The van der Waals surface area contributed by atoms with E-state index in [2.05, 4.69) is 53.6 Å². The molecule has 8 heteroatoms. The van der Waals surface area contributed by atoms with Gasteiger partial charge in [0, 0.05) is 56.1 Å². The molecule has 0 aromatic carbocycles. The first kappa shape index (κ1) is 17.5. The summed E-state index contributed by atoms with van der Waals surface area (Å²) >= 11 is 3.48. The molecule has 0 spiro atoms. The van der Waals surface area contributed by atoms with Gasteiger partial charge in [0.25, 0.3) is 0 Å². The molecule has 2 aromatic heterocycles. The van der Waals surface area contributed by atoms with Crippen LogP contribution >= 0.6 is 15.9 Å². The Balaban J connectivity index is 1.43. The summed E-state index contributed by atoms with van der Waals surface area (Å²) in [5.74, 6) is 2.88. The largest absolute Gasteiger partial charge is 0.378 e. The molecular formula is C18H23BrN6O. The maximum Gasteiger partial charge on any atom is 0.227 e. The molecule has 0 unspecified atom stereocenters. The number of aromatic nitrogens is 3. The smallest absolute Gasteiger partial charge is 0.227 e. The minimum atomic E-state index is 0.742. The van der Waals surface area contributed by atoms with Crippen molar-refractivity contribution in [1.29, 1.82) is 0 Å². The normalized spacial score (nSPS) is 18.3. The van der Waals surface area contributed by atoms with Crippen molar-refractivity contribution in [3.8, 4) is 0 Å². The molecule has 2 aliphatic rings. The molecule has 4 rings (SSSR count). The highest BCUT2D eigenvalue weighted by Crippen LogP contribution is 2.23. The van der Waals surface area contributed by atoms with Crippen molar-refractivity contribution < 1.29 is 4.74 Å². The lowest BCUT2D eigenvalue weighted by atomic mass is 10.2. The van der Waals surface area contributed by atoms with E-state index in [1.165, 1.54) is 5.56 Å². The summed E-state index contributed by atoms with van der Waals surface area (Å²) in [4.78, 5) is 20.7. The van der Waals surface area contributed by atoms with Crippen LogP contribution in [0.25, 0.3) is 0 Å². The van der Waals surface area contributed by atoms with Crippen molar-refractivity contribution in [2.24, 2.45) is 0 Å². The summed E-state index contributed by atoms with van der Waals surface area (Å²) < 4.78 is 6.44. The lowest BCUT2D eigenvalue weighted by Gasteiger charge is -2.37. The Kier molecular flexibility index (Phi) is 5.21. The molecular weight excluding hydrogens is 396 g/mol. The summed E-state index contributed by atoms with van der Waals surface area (Å²) in [7, 11) is 0. The number of morpholine rings is 1. The van der Waals surface area contributed by atoms with E-state index in [1.54, 1.807) is 0 Å². The fourth-order valence-corrected chi connectivity index (χ4v) is 3.89. The Morgan fingerprint density at radius 3 is 2.42 bits per heavy atom. The molecule has 2 fully saturated rings. The van der Waals surface area contributed by atoms with Crippen LogP contribution in [0, 0.1) is 6.92 Å². The summed E-state index contributed by atoms with van der Waals surface area (Å²) in [5, 5.41) is 0. The number of nitrogens with zero attached hydrogens (tertiary/aromatic N) is 6. The van der Waals surface area contributed by atoms with Crippen molar-refractivity contribution in [3.63, 3.8) is 0 Å². The van der Waals surface area contributed by atoms with Gasteiger partial charge >= 0.3 is 0 Å². The molecule has 138 valence electrons. The fraction of sp³-hybridized carbons (Fsp3) is 0.500. The highest BCUT2D eigenvalue weighted by atomic mass is 79.9. The van der Waals surface area contributed by atoms with Crippen molar-refractivity contribution in [2.45, 2.75) is 6.92 Å². The molecule has 2 aromatic rings. The molecule has 0 aliphatic carbocycles. The highest BCUT2D eigenvalue weighted by Gasteiger charge is 2.22. The standard InChI is InChI=1S/C18H23BrN6O/c1-14-12-15(19)13-21-17(14)24-6-4-23(5-7-24)16-2-3-20-18(22-16)25-8-10-26-11-9-25/h2-3,12-13H,4-11H2,1H3. The van der Waals surface area contributed by atoms with E-state index >= 15 is 0 Å². The van der Waals surface area contributed by atoms with Gasteiger partial charge in [0.05, 0.1) is 13.2 Å². The SMILES string of the molecule is Cc1cc(Br)cnc1N1CCN(c2ccnc(N3CCOCC3)n2)CC1. The van der Waals surface area contributed by atoms with Crippen LogP contribution in [0.3, 0.4) is 0 Å². The summed E-state index contributed by atoms with van der Waals surface area (Å²) in [6, 6.07) is 4.12. The average molecular weight is 419 g/mol. The zero-order valence-electron chi connectivity index (χ0n) is 14.9. The Morgan fingerprint density at radius 2 is 1.69 bits per heavy atom. The lowest BCUT2D eigenvalue weighted by molar-refractivity contribution is 0.122. The molecule has 0 saturated carbocycles. The van der Waals surface area contributed by atoms with Crippen LogP contribution in [0.4, 0.5) is 17.6 Å². The number of piperazine rings is 1. The molecule has 26 heavy (non-hydrogen) atoms. The van der Waals surface area contributed by atoms with Crippen LogP contribution in [0.1, 0.15) is 5.56 Å². The van der Waals surface area contributed by atoms with Gasteiger partial charge in [0.2, 0.25) is 5.95 Å². The first-order chi connectivity index (χ1) is 12.7. The van der Waals surface area contributed by atoms with Gasteiger partial charge in [-0.1, -0.05) is 0 Å². The van der Waals surface area contributed by atoms with Gasteiger partial charge in [-0.15, -0.1) is 0 Å². The van der Waals surface area contributed by atoms with Gasteiger partial charge < -0.3 is 19.4 Å². The molecule has 4 heterocycles. The number of pyridine rings is 1. The monoisotopic (exact) mass is 418 g/mol. The first-order valence-electron chi connectivity index (χ1n) is 8.98. The van der Waals surface area contributed by atoms with Crippen molar-refractivity contribution in [3.05, 3.63) is 34.6 Å². The van der Waals surface area contributed by atoms with E-state index in [0.29, 0.717) is 0 Å². The third kappa shape index (κ3) is 3.76. The number of halogens is 1. The van der Waals surface area contributed by atoms with Crippen LogP contribution in [-0.4, -0.2) is 67.4 Å². The number of hydrogen-bond acceptors (Lipinski definition) is 7. The summed E-state index contributed by atoms with van der Waals surface area (Å²) in [6.45, 7) is 9.03. The topological polar surface area (TPSA) is 57.6 Å². The van der Waals surface area contributed by atoms with Crippen LogP contribution in [0.2, 0.25) is 0 Å². The van der Waals surface area contributed by atoms with E-state index in [-0.39, 0.29) is 0 Å². The molecule has 0 N–H and O–H groups in total. The summed E-state index contributed by atoms with van der Waals surface area (Å²) in [5.41, 5.74) is 1.20. The van der Waals surface area contributed by atoms with Crippen LogP contribution in [-0.2, 0) is 4.74 Å². The van der Waals surface area contributed by atoms with E-state index in [1.807, 2.05) is 18.5 Å². The maximum absolute atomic E-state index is 5.42. The molecule has 7 nitrogen and oxygen atoms in total. The van der Waals surface area contributed by atoms with Gasteiger partial charge in [-0.05, 0) is 40.5 Å². The minimum Gasteiger partial charge on any atom is -0.378 e. The van der Waals surface area contributed by atoms with Gasteiger partial charge in [-0.2, -0.15) is 4.98 Å². The van der Waals surface area contributed by atoms with E-state index in [9.17, 15) is 0 Å². The highest BCUT2D eigenvalue weighted by molar-refractivity contribution is 9.10. The van der Waals surface area contributed by atoms with E-state index < -0.39 is 0 Å². The van der Waals surface area contributed by atoms with Crippen molar-refractivity contribution in [1.82, 2.24) is 15.0 Å². The maximum atomic E-state index is 5.42. The van der Waals surface area contributed by atoms with Crippen molar-refractivity contribution in [2.75, 3.05) is 67.2 Å². The molecule has 0 amide bonds. The second kappa shape index (κ2) is 7.75. The zero-order valence-corrected chi connectivity index (χ0v) is 16.5. The molecule has 0 atom stereocenters. The van der Waals surface area contributed by atoms with Gasteiger partial charge in [-0.25, -0.2) is 9.97 Å². The average Bonchev–Trinajstić information content (AvgIpc) is 2.69. The Hall–Kier alpha value is -1.93. The van der Waals surface area contributed by atoms with Crippen LogP contribution in [0.15, 0.2) is 29.0 Å². The number of aryl methyl sites for hydroxylation is 1. The van der Waals surface area contributed by atoms with Crippen LogP contribution < -0.4 is 14.7 Å². The third-order valence-electron chi connectivity index (χ3n) is 4.84. The number of hydrogen-bond donors (Lipinski definition) is 0. The molecule has 0 radical (unpaired) electrons. The second-order valence-corrected chi connectivity index (χ2v) is 7.50. The Bertz CT molecular complexity index is 759. The fourth-order valence-electron chi connectivity index (χ4n) is 3.44. The minimum absolute atomic E-state index is 0.742. The van der Waals surface area contributed by atoms with Gasteiger partial charge in [0.1, 0.15) is 11.6 Å². The summed E-state index contributed by atoms with van der Waals surface area (Å²) in [6.07, 6.45) is 3.73. The Morgan fingerprint density at radius 1 is 0.962 bits per heavy atom. The quantitative estimate of drug-likeness (QED) is 0.756. The number of anilines is 3. The lowest BCUT2D eigenvalue weighted by Crippen LogP contribution is -2.47. The molecule has 2 saturated heterocycles. The Labute approximate surface area is 162 Å². The zero-order chi connectivity index (χ0) is 17.9. The predicted octanol–water partition coefficient (Wildman–Crippen LogP) is 2.11. The van der Waals surface area contributed by atoms with Crippen LogP contribution in [0.5, 0.6) is 0 Å². The molecule has 0 bridgehead atoms. The van der Waals surface area contributed by atoms with E-state index in [4.69, 9.17) is 9.72 Å². The third-order valence-corrected chi connectivity index (χ3v) is 5.28. The van der Waals surface area contributed by atoms with Gasteiger partial charge in [-0.3, -0.25) is 0 Å². The van der Waals surface area contributed by atoms with E-state index in [0.717, 1.165) is 74.5 Å². The first-order valence-corrected chi connectivity index (χ1v) is 9.78. The number of ether oxygens (including phenoxy) is 1.